The van der Waals surface area contributed by atoms with Crippen LogP contribution in [-0.4, -0.2) is 35.8 Å². The Morgan fingerprint density at radius 3 is 2.31 bits per heavy atom. The van der Waals surface area contributed by atoms with Gasteiger partial charge in [-0.25, -0.2) is 9.78 Å². The van der Waals surface area contributed by atoms with Crippen LogP contribution >= 0.6 is 0 Å². The number of nitrogens with zero attached hydrogens (tertiary/aromatic N) is 1. The van der Waals surface area contributed by atoms with Crippen molar-refractivity contribution in [1.82, 2.24) is 10.3 Å². The fourth-order valence-electron chi connectivity index (χ4n) is 2.17. The van der Waals surface area contributed by atoms with E-state index in [-0.39, 0.29) is 11.4 Å². The zero-order chi connectivity index (χ0) is 19.4. The van der Waals surface area contributed by atoms with E-state index in [1.807, 2.05) is 5.32 Å². The van der Waals surface area contributed by atoms with Crippen LogP contribution in [0.1, 0.15) is 15.9 Å². The number of carbonyl (C=O) groups is 2. The molecule has 0 fully saturated rings. The minimum Gasteiger partial charge on any atom is -0.466 e. The van der Waals surface area contributed by atoms with Crippen molar-refractivity contribution in [3.8, 4) is 0 Å². The van der Waals surface area contributed by atoms with Crippen LogP contribution in [0.4, 0.5) is 19.0 Å². The number of hydrogen-bond acceptors (Lipinski definition) is 5. The maximum absolute atomic E-state index is 13.9. The van der Waals surface area contributed by atoms with Crippen LogP contribution in [0, 0.1) is 6.92 Å². The van der Waals surface area contributed by atoms with Gasteiger partial charge in [-0.05, 0) is 36.8 Å². The Bertz CT molecular complexity index is 797. The molecule has 1 atom stereocenters. The van der Waals surface area contributed by atoms with Gasteiger partial charge in [-0.2, -0.15) is 13.2 Å². The molecule has 1 aromatic heterocycles. The lowest BCUT2D eigenvalue weighted by Crippen LogP contribution is -2.69. The number of benzene rings is 1. The zero-order valence-electron chi connectivity index (χ0n) is 13.9. The number of rotatable bonds is 5. The van der Waals surface area contributed by atoms with Crippen LogP contribution < -0.4 is 10.6 Å². The van der Waals surface area contributed by atoms with Gasteiger partial charge in [0, 0.05) is 11.8 Å². The minimum absolute atomic E-state index is 0.0518. The number of pyridine rings is 1. The van der Waals surface area contributed by atoms with Gasteiger partial charge in [0.25, 0.3) is 5.91 Å². The number of alkyl halides is 3. The molecule has 0 radical (unpaired) electrons. The monoisotopic (exact) mass is 367 g/mol. The minimum atomic E-state index is -5.21. The van der Waals surface area contributed by atoms with Crippen molar-refractivity contribution in [2.24, 2.45) is 0 Å². The fraction of sp³-hybridized carbons (Fsp3) is 0.235. The number of hydrogen-bond donors (Lipinski definition) is 2. The molecule has 1 heterocycles. The van der Waals surface area contributed by atoms with Crippen molar-refractivity contribution < 1.29 is 27.5 Å². The van der Waals surface area contributed by atoms with Gasteiger partial charge in [0.1, 0.15) is 5.82 Å². The molecule has 0 aliphatic carbocycles. The molecule has 2 rings (SSSR count). The van der Waals surface area contributed by atoms with Gasteiger partial charge in [0.15, 0.2) is 0 Å². The predicted molar refractivity (Wildman–Crippen MR) is 87.3 cm³/mol. The van der Waals surface area contributed by atoms with Crippen LogP contribution in [-0.2, 0) is 9.53 Å². The first-order chi connectivity index (χ1) is 12.2. The van der Waals surface area contributed by atoms with E-state index in [1.54, 1.807) is 24.4 Å². The SMILES string of the molecule is COC(=O)[C@](NC(=O)c1ccccc1)(Nc1cc(C)ccn1)C(F)(F)F. The number of carbonyl (C=O) groups excluding carboxylic acids is 2. The second-order valence-corrected chi connectivity index (χ2v) is 5.40. The lowest BCUT2D eigenvalue weighted by molar-refractivity contribution is -0.203. The van der Waals surface area contributed by atoms with E-state index in [2.05, 4.69) is 9.72 Å². The van der Waals surface area contributed by atoms with Gasteiger partial charge in [-0.3, -0.25) is 4.79 Å². The first kappa shape index (κ1) is 19.2. The molecule has 2 N–H and O–H groups in total. The summed E-state index contributed by atoms with van der Waals surface area (Å²) < 4.78 is 45.9. The normalized spacial score (nSPS) is 13.4. The summed E-state index contributed by atoms with van der Waals surface area (Å²) in [5.74, 6) is -3.08. The van der Waals surface area contributed by atoms with Gasteiger partial charge < -0.3 is 15.4 Å². The highest BCUT2D eigenvalue weighted by Crippen LogP contribution is 2.33. The molecular formula is C17H16F3N3O3. The highest BCUT2D eigenvalue weighted by molar-refractivity contribution is 5.99. The van der Waals surface area contributed by atoms with Crippen molar-refractivity contribution in [1.29, 1.82) is 0 Å². The molecule has 9 heteroatoms. The van der Waals surface area contributed by atoms with E-state index in [9.17, 15) is 22.8 Å². The molecule has 6 nitrogen and oxygen atoms in total. The second-order valence-electron chi connectivity index (χ2n) is 5.40. The number of anilines is 1. The standard InChI is InChI=1S/C17H16F3N3O3/c1-11-8-9-21-13(10-11)22-16(15(25)26-2,17(18,19)20)23-14(24)12-6-4-3-5-7-12/h3-10H,1-2H3,(H,21,22)(H,23,24)/t16-/m1/s1. The smallest absolute Gasteiger partial charge is 0.441 e. The number of nitrogens with one attached hydrogen (secondary N) is 2. The first-order valence-corrected chi connectivity index (χ1v) is 7.43. The summed E-state index contributed by atoms with van der Waals surface area (Å²) in [7, 11) is 0.794. The number of halogens is 3. The number of methoxy groups -OCH3 is 1. The van der Waals surface area contributed by atoms with Gasteiger partial charge >= 0.3 is 17.8 Å². The molecule has 138 valence electrons. The van der Waals surface area contributed by atoms with Crippen LogP contribution in [0.2, 0.25) is 0 Å². The molecular weight excluding hydrogens is 351 g/mol. The van der Waals surface area contributed by atoms with E-state index in [1.165, 1.54) is 36.5 Å². The molecule has 1 amide bonds. The molecule has 2 aromatic rings. The second kappa shape index (κ2) is 7.42. The zero-order valence-corrected chi connectivity index (χ0v) is 13.9. The quantitative estimate of drug-likeness (QED) is 0.627. The number of ether oxygens (including phenoxy) is 1. The van der Waals surface area contributed by atoms with Gasteiger partial charge in [0.2, 0.25) is 0 Å². The van der Waals surface area contributed by atoms with Crippen LogP contribution in [0.5, 0.6) is 0 Å². The Balaban J connectivity index is 2.49. The summed E-state index contributed by atoms with van der Waals surface area (Å²) in [6, 6.07) is 10.1. The Morgan fingerprint density at radius 2 is 1.77 bits per heavy atom. The third kappa shape index (κ3) is 3.93. The highest BCUT2D eigenvalue weighted by Gasteiger charge is 2.63. The molecule has 0 spiro atoms. The molecule has 0 aliphatic rings. The van der Waals surface area contributed by atoms with Crippen molar-refractivity contribution in [2.45, 2.75) is 18.8 Å². The molecule has 0 saturated heterocycles. The Labute approximate surface area is 147 Å². The lowest BCUT2D eigenvalue weighted by Gasteiger charge is -2.34. The summed E-state index contributed by atoms with van der Waals surface area (Å²) in [4.78, 5) is 28.2. The Morgan fingerprint density at radius 1 is 1.12 bits per heavy atom. The molecule has 26 heavy (non-hydrogen) atoms. The molecule has 0 saturated carbocycles. The molecule has 1 aromatic carbocycles. The summed E-state index contributed by atoms with van der Waals surface area (Å²) >= 11 is 0. The summed E-state index contributed by atoms with van der Waals surface area (Å²) in [5.41, 5.74) is -2.95. The lowest BCUT2D eigenvalue weighted by atomic mass is 10.1. The van der Waals surface area contributed by atoms with Crippen molar-refractivity contribution in [2.75, 3.05) is 12.4 Å². The summed E-state index contributed by atoms with van der Waals surface area (Å²) in [6.07, 6.45) is -3.94. The summed E-state index contributed by atoms with van der Waals surface area (Å²) in [6.45, 7) is 1.64. The van der Waals surface area contributed by atoms with Crippen molar-refractivity contribution >= 4 is 17.7 Å². The van der Waals surface area contributed by atoms with Gasteiger partial charge in [-0.15, -0.1) is 0 Å². The van der Waals surface area contributed by atoms with Gasteiger partial charge in [0.05, 0.1) is 7.11 Å². The van der Waals surface area contributed by atoms with Gasteiger partial charge in [-0.1, -0.05) is 18.2 Å². The number of aryl methyl sites for hydroxylation is 1. The number of amides is 1. The maximum Gasteiger partial charge on any atom is 0.441 e. The van der Waals surface area contributed by atoms with E-state index in [4.69, 9.17) is 0 Å². The third-order valence-corrected chi connectivity index (χ3v) is 3.48. The Kier molecular flexibility index (Phi) is 5.49. The number of esters is 1. The van der Waals surface area contributed by atoms with Crippen molar-refractivity contribution in [3.63, 3.8) is 0 Å². The van der Waals surface area contributed by atoms with E-state index >= 15 is 0 Å². The highest BCUT2D eigenvalue weighted by atomic mass is 19.4. The third-order valence-electron chi connectivity index (χ3n) is 3.48. The van der Waals surface area contributed by atoms with E-state index in [0.29, 0.717) is 5.56 Å². The van der Waals surface area contributed by atoms with Crippen LogP contribution in [0.3, 0.4) is 0 Å². The van der Waals surface area contributed by atoms with Crippen molar-refractivity contribution in [3.05, 3.63) is 59.8 Å². The first-order valence-electron chi connectivity index (χ1n) is 7.43. The van der Waals surface area contributed by atoms with E-state index < -0.39 is 23.7 Å². The van der Waals surface area contributed by atoms with Crippen LogP contribution in [0.25, 0.3) is 0 Å². The molecule has 0 bridgehead atoms. The number of aromatic nitrogens is 1. The largest absolute Gasteiger partial charge is 0.466 e. The topological polar surface area (TPSA) is 80.3 Å². The predicted octanol–water partition coefficient (Wildman–Crippen LogP) is 2.66. The molecule has 0 aliphatic heterocycles. The average molecular weight is 367 g/mol. The maximum atomic E-state index is 13.9. The summed E-state index contributed by atoms with van der Waals surface area (Å²) in [5, 5.41) is 3.70. The van der Waals surface area contributed by atoms with E-state index in [0.717, 1.165) is 7.11 Å². The fourth-order valence-corrected chi connectivity index (χ4v) is 2.17. The molecule has 0 unspecified atom stereocenters. The Hall–Kier alpha value is -3.10. The van der Waals surface area contributed by atoms with Crippen LogP contribution in [0.15, 0.2) is 48.7 Å². The average Bonchev–Trinajstić information content (AvgIpc) is 2.60.